The van der Waals surface area contributed by atoms with Gasteiger partial charge < -0.3 is 33.2 Å². The number of hydrogen-bond donors (Lipinski definition) is 6. The highest BCUT2D eigenvalue weighted by Gasteiger charge is 2.29. The highest BCUT2D eigenvalue weighted by molar-refractivity contribution is 5.98. The zero-order valence-corrected chi connectivity index (χ0v) is 21.1. The van der Waals surface area contributed by atoms with Gasteiger partial charge in [-0.25, -0.2) is 0 Å². The number of unbranched alkanes of at least 4 members (excludes halogenated alkanes) is 1. The molecule has 12 heteroatoms. The van der Waals surface area contributed by atoms with Crippen molar-refractivity contribution in [2.75, 3.05) is 6.54 Å². The minimum Gasteiger partial charge on any atom is -0.370 e. The molecule has 2 rings (SSSR count). The van der Waals surface area contributed by atoms with E-state index in [1.54, 1.807) is 12.1 Å². The van der Waals surface area contributed by atoms with E-state index in [9.17, 15) is 24.0 Å². The van der Waals surface area contributed by atoms with Gasteiger partial charge in [0.25, 0.3) is 5.91 Å². The van der Waals surface area contributed by atoms with Gasteiger partial charge in [0.05, 0.1) is 12.0 Å². The predicted octanol–water partition coefficient (Wildman–Crippen LogP) is -0.728. The molecule has 204 valence electrons. The van der Waals surface area contributed by atoms with Crippen molar-refractivity contribution in [3.05, 3.63) is 66.0 Å². The lowest BCUT2D eigenvalue weighted by molar-refractivity contribution is -0.133. The Morgan fingerprint density at radius 1 is 0.789 bits per heavy atom. The molecule has 0 spiro atoms. The van der Waals surface area contributed by atoms with Crippen LogP contribution < -0.4 is 33.2 Å². The van der Waals surface area contributed by atoms with E-state index in [-0.39, 0.29) is 18.4 Å². The summed E-state index contributed by atoms with van der Waals surface area (Å²) in [5.74, 6) is -3.55. The first kappa shape index (κ1) is 29.9. The Morgan fingerprint density at radius 3 is 2.03 bits per heavy atom. The lowest BCUT2D eigenvalue weighted by Crippen LogP contribution is -2.56. The number of nitrogens with zero attached hydrogens (tertiary/aromatic N) is 1. The van der Waals surface area contributed by atoms with E-state index in [1.807, 2.05) is 30.3 Å². The summed E-state index contributed by atoms with van der Waals surface area (Å²) in [6.45, 7) is 0.384. The van der Waals surface area contributed by atoms with Gasteiger partial charge in [0.15, 0.2) is 0 Å². The molecular formula is C26H35N7O5. The number of aromatic nitrogens is 1. The molecule has 9 N–H and O–H groups in total. The standard InChI is InChI=1S/C26H35N7O5/c27-13-5-4-10-19(25(37)33-21(23(29)35)15-22(28)34)32-26(38)20(12-11-17-7-2-1-3-8-17)31-24(36)18-9-6-14-30-16-18/h1-3,6-9,14,16,19-21H,4-5,10-13,15,27H2,(H2,28,34)(H2,29,35)(H,31,36)(H,32,38)(H,33,37)/t19-,20-,21-/m0/s1. The number of nitrogens with one attached hydrogen (secondary N) is 3. The van der Waals surface area contributed by atoms with Crippen LogP contribution in [0.15, 0.2) is 54.9 Å². The van der Waals surface area contributed by atoms with Crippen LogP contribution in [0.3, 0.4) is 0 Å². The van der Waals surface area contributed by atoms with Crippen LogP contribution in [0.5, 0.6) is 0 Å². The van der Waals surface area contributed by atoms with E-state index < -0.39 is 54.1 Å². The average Bonchev–Trinajstić information content (AvgIpc) is 2.90. The molecule has 0 aliphatic rings. The molecule has 38 heavy (non-hydrogen) atoms. The van der Waals surface area contributed by atoms with Crippen LogP contribution in [0.25, 0.3) is 0 Å². The van der Waals surface area contributed by atoms with Crippen molar-refractivity contribution in [3.63, 3.8) is 0 Å². The van der Waals surface area contributed by atoms with E-state index in [1.165, 1.54) is 12.4 Å². The van der Waals surface area contributed by atoms with Gasteiger partial charge in [-0.3, -0.25) is 29.0 Å². The number of carbonyl (C=O) groups excluding carboxylic acids is 5. The van der Waals surface area contributed by atoms with Crippen LogP contribution in [0.2, 0.25) is 0 Å². The molecule has 0 saturated heterocycles. The summed E-state index contributed by atoms with van der Waals surface area (Å²) in [5.41, 5.74) is 17.3. The van der Waals surface area contributed by atoms with Crippen molar-refractivity contribution >= 4 is 29.5 Å². The molecule has 2 aromatic rings. The van der Waals surface area contributed by atoms with Gasteiger partial charge in [-0.05, 0) is 56.3 Å². The maximum atomic E-state index is 13.4. The minimum absolute atomic E-state index is 0.207. The molecule has 0 bridgehead atoms. The molecule has 0 aliphatic carbocycles. The first-order valence-corrected chi connectivity index (χ1v) is 12.3. The van der Waals surface area contributed by atoms with Crippen molar-refractivity contribution in [2.45, 2.75) is 56.7 Å². The summed E-state index contributed by atoms with van der Waals surface area (Å²) in [7, 11) is 0. The van der Waals surface area contributed by atoms with Crippen molar-refractivity contribution < 1.29 is 24.0 Å². The number of pyridine rings is 1. The molecular weight excluding hydrogens is 490 g/mol. The van der Waals surface area contributed by atoms with Crippen LogP contribution in [-0.2, 0) is 25.6 Å². The number of hydrogen-bond acceptors (Lipinski definition) is 7. The fraction of sp³-hybridized carbons (Fsp3) is 0.385. The third kappa shape index (κ3) is 10.3. The summed E-state index contributed by atoms with van der Waals surface area (Å²) in [6.07, 6.45) is 4.47. The third-order valence-electron chi connectivity index (χ3n) is 5.76. The number of nitrogens with two attached hydrogens (primary N) is 3. The monoisotopic (exact) mass is 525 g/mol. The quantitative estimate of drug-likeness (QED) is 0.154. The third-order valence-corrected chi connectivity index (χ3v) is 5.76. The number of benzene rings is 1. The maximum Gasteiger partial charge on any atom is 0.253 e. The lowest BCUT2D eigenvalue weighted by Gasteiger charge is -2.24. The zero-order valence-electron chi connectivity index (χ0n) is 21.1. The first-order valence-electron chi connectivity index (χ1n) is 12.3. The van der Waals surface area contributed by atoms with Gasteiger partial charge in [0.2, 0.25) is 23.6 Å². The van der Waals surface area contributed by atoms with E-state index in [4.69, 9.17) is 17.2 Å². The van der Waals surface area contributed by atoms with Gasteiger partial charge in [-0.15, -0.1) is 0 Å². The Balaban J connectivity index is 2.20. The second-order valence-electron chi connectivity index (χ2n) is 8.77. The summed E-state index contributed by atoms with van der Waals surface area (Å²) in [5, 5.41) is 7.79. The van der Waals surface area contributed by atoms with Gasteiger partial charge in [0, 0.05) is 12.4 Å². The Labute approximate surface area is 221 Å². The summed E-state index contributed by atoms with van der Waals surface area (Å²) < 4.78 is 0. The summed E-state index contributed by atoms with van der Waals surface area (Å²) in [6, 6.07) is 9.23. The van der Waals surface area contributed by atoms with Gasteiger partial charge >= 0.3 is 0 Å². The summed E-state index contributed by atoms with van der Waals surface area (Å²) >= 11 is 0. The largest absolute Gasteiger partial charge is 0.370 e. The highest BCUT2D eigenvalue weighted by Crippen LogP contribution is 2.09. The lowest BCUT2D eigenvalue weighted by atomic mass is 10.0. The molecule has 0 radical (unpaired) electrons. The first-order chi connectivity index (χ1) is 18.2. The summed E-state index contributed by atoms with van der Waals surface area (Å²) in [4.78, 5) is 66.1. The molecule has 5 amide bonds. The SMILES string of the molecule is NCCCC[C@H](NC(=O)[C@H](CCc1ccccc1)NC(=O)c1cccnc1)C(=O)N[C@@H](CC(N)=O)C(N)=O. The van der Waals surface area contributed by atoms with Crippen LogP contribution in [-0.4, -0.2) is 59.2 Å². The number of amides is 5. The zero-order chi connectivity index (χ0) is 27.9. The number of primary amides is 2. The van der Waals surface area contributed by atoms with Crippen molar-refractivity contribution in [1.82, 2.24) is 20.9 Å². The van der Waals surface area contributed by atoms with E-state index in [2.05, 4.69) is 20.9 Å². The van der Waals surface area contributed by atoms with Crippen molar-refractivity contribution in [2.24, 2.45) is 17.2 Å². The van der Waals surface area contributed by atoms with Gasteiger partial charge in [-0.1, -0.05) is 30.3 Å². The Kier molecular flexibility index (Phi) is 12.4. The fourth-order valence-corrected chi connectivity index (χ4v) is 3.69. The maximum absolute atomic E-state index is 13.4. The van der Waals surface area contributed by atoms with Crippen LogP contribution >= 0.6 is 0 Å². The predicted molar refractivity (Wildman–Crippen MR) is 140 cm³/mol. The van der Waals surface area contributed by atoms with Crippen LogP contribution in [0, 0.1) is 0 Å². The average molecular weight is 526 g/mol. The Morgan fingerprint density at radius 2 is 1.45 bits per heavy atom. The smallest absolute Gasteiger partial charge is 0.253 e. The Hall–Kier alpha value is -4.32. The molecule has 0 unspecified atom stereocenters. The molecule has 0 aliphatic heterocycles. The number of rotatable bonds is 16. The van der Waals surface area contributed by atoms with Crippen molar-refractivity contribution in [3.8, 4) is 0 Å². The van der Waals surface area contributed by atoms with Gasteiger partial charge in [0.1, 0.15) is 18.1 Å². The van der Waals surface area contributed by atoms with Crippen LogP contribution in [0.1, 0.15) is 48.0 Å². The molecule has 1 aromatic heterocycles. The molecule has 0 saturated carbocycles. The van der Waals surface area contributed by atoms with E-state index in [0.717, 1.165) is 5.56 Å². The second kappa shape index (κ2) is 15.7. The molecule has 3 atom stereocenters. The van der Waals surface area contributed by atoms with E-state index in [0.29, 0.717) is 25.8 Å². The van der Waals surface area contributed by atoms with Crippen LogP contribution in [0.4, 0.5) is 0 Å². The molecule has 0 fully saturated rings. The fourth-order valence-electron chi connectivity index (χ4n) is 3.69. The topological polar surface area (TPSA) is 212 Å². The molecule has 12 nitrogen and oxygen atoms in total. The van der Waals surface area contributed by atoms with Gasteiger partial charge in [-0.2, -0.15) is 0 Å². The molecule has 1 aromatic carbocycles. The molecule has 1 heterocycles. The second-order valence-corrected chi connectivity index (χ2v) is 8.77. The minimum atomic E-state index is -1.33. The number of carbonyl (C=O) groups is 5. The highest BCUT2D eigenvalue weighted by atomic mass is 16.2. The Bertz CT molecular complexity index is 1080. The normalized spacial score (nSPS) is 13.0. The van der Waals surface area contributed by atoms with Crippen molar-refractivity contribution in [1.29, 1.82) is 0 Å². The number of aryl methyl sites for hydroxylation is 1. The van der Waals surface area contributed by atoms with E-state index >= 15 is 0 Å².